The summed E-state index contributed by atoms with van der Waals surface area (Å²) in [7, 11) is 0. The van der Waals surface area contributed by atoms with Gasteiger partial charge in [-0.25, -0.2) is 9.97 Å². The number of amides is 1. The van der Waals surface area contributed by atoms with Gasteiger partial charge in [0, 0.05) is 44.5 Å². The third-order valence-electron chi connectivity index (χ3n) is 4.15. The summed E-state index contributed by atoms with van der Waals surface area (Å²) in [5.74, 6) is 0.635. The van der Waals surface area contributed by atoms with E-state index in [2.05, 4.69) is 19.8 Å². The van der Waals surface area contributed by atoms with E-state index < -0.39 is 5.91 Å². The summed E-state index contributed by atoms with van der Waals surface area (Å²) in [5.41, 5.74) is 6.73. The minimum atomic E-state index is -0.526. The number of carbonyl (C=O) groups is 1. The van der Waals surface area contributed by atoms with Crippen molar-refractivity contribution in [1.82, 2.24) is 14.9 Å². The molecule has 1 aliphatic rings. The number of hydrogen-bond donors (Lipinski definition) is 2. The molecule has 3 N–H and O–H groups in total. The van der Waals surface area contributed by atoms with Gasteiger partial charge in [0.05, 0.1) is 6.61 Å². The van der Waals surface area contributed by atoms with Crippen molar-refractivity contribution in [3.63, 3.8) is 0 Å². The molecule has 2 aromatic rings. The van der Waals surface area contributed by atoms with Gasteiger partial charge >= 0.3 is 0 Å². The number of benzene rings is 1. The summed E-state index contributed by atoms with van der Waals surface area (Å²) >= 11 is 0. The summed E-state index contributed by atoms with van der Waals surface area (Å²) in [4.78, 5) is 24.9. The number of aliphatic hydroxyl groups excluding tert-OH is 1. The van der Waals surface area contributed by atoms with Crippen LogP contribution in [0.2, 0.25) is 0 Å². The van der Waals surface area contributed by atoms with E-state index in [0.717, 1.165) is 31.7 Å². The van der Waals surface area contributed by atoms with E-state index in [1.54, 1.807) is 0 Å². The van der Waals surface area contributed by atoms with Gasteiger partial charge < -0.3 is 15.7 Å². The summed E-state index contributed by atoms with van der Waals surface area (Å²) < 4.78 is 0. The third-order valence-corrected chi connectivity index (χ3v) is 4.15. The van der Waals surface area contributed by atoms with Gasteiger partial charge in [-0.15, -0.1) is 0 Å². The fraction of sp³-hybridized carbons (Fsp3) is 0.353. The van der Waals surface area contributed by atoms with Crippen LogP contribution in [-0.4, -0.2) is 65.2 Å². The number of primary amides is 1. The zero-order valence-electron chi connectivity index (χ0n) is 13.4. The zero-order valence-corrected chi connectivity index (χ0v) is 13.4. The second-order valence-electron chi connectivity index (χ2n) is 5.71. The maximum atomic E-state index is 11.8. The number of aliphatic hydroxyl groups is 1. The SMILES string of the molecule is NC(=O)c1cnc(-c2ccccc2)nc1N1CCN(CCO)CC1. The van der Waals surface area contributed by atoms with Crippen LogP contribution in [0.3, 0.4) is 0 Å². The Hall–Kier alpha value is -2.51. The Balaban J connectivity index is 1.89. The summed E-state index contributed by atoms with van der Waals surface area (Å²) in [6, 6.07) is 9.65. The van der Waals surface area contributed by atoms with Crippen LogP contribution in [0.4, 0.5) is 5.82 Å². The molecule has 0 saturated carbocycles. The number of hydrogen-bond acceptors (Lipinski definition) is 6. The van der Waals surface area contributed by atoms with Crippen molar-refractivity contribution >= 4 is 11.7 Å². The second-order valence-corrected chi connectivity index (χ2v) is 5.71. The summed E-state index contributed by atoms with van der Waals surface area (Å²) in [6.45, 7) is 3.89. The molecule has 0 aliphatic carbocycles. The maximum absolute atomic E-state index is 11.8. The normalized spacial score (nSPS) is 15.5. The molecule has 7 nitrogen and oxygen atoms in total. The molecule has 0 radical (unpaired) electrons. The molecule has 0 spiro atoms. The highest BCUT2D eigenvalue weighted by Gasteiger charge is 2.23. The van der Waals surface area contributed by atoms with Crippen molar-refractivity contribution in [1.29, 1.82) is 0 Å². The Morgan fingerprint density at radius 1 is 1.17 bits per heavy atom. The number of aromatic nitrogens is 2. The number of rotatable bonds is 5. The first-order valence-corrected chi connectivity index (χ1v) is 7.99. The Kier molecular flexibility index (Phi) is 5.02. The predicted octanol–water partition coefficient (Wildman–Crippen LogP) is 0.357. The lowest BCUT2D eigenvalue weighted by Gasteiger charge is -2.35. The Morgan fingerprint density at radius 2 is 1.88 bits per heavy atom. The second kappa shape index (κ2) is 7.37. The van der Waals surface area contributed by atoms with Gasteiger partial charge in [0.25, 0.3) is 5.91 Å². The average Bonchev–Trinajstić information content (AvgIpc) is 2.63. The largest absolute Gasteiger partial charge is 0.395 e. The highest BCUT2D eigenvalue weighted by atomic mass is 16.3. The lowest BCUT2D eigenvalue weighted by Crippen LogP contribution is -2.48. The number of nitrogens with two attached hydrogens (primary N) is 1. The summed E-state index contributed by atoms with van der Waals surface area (Å²) in [5, 5.41) is 9.04. The van der Waals surface area contributed by atoms with E-state index in [1.165, 1.54) is 6.20 Å². The molecule has 2 heterocycles. The first kappa shape index (κ1) is 16.4. The van der Waals surface area contributed by atoms with Gasteiger partial charge in [0.15, 0.2) is 5.82 Å². The van der Waals surface area contributed by atoms with E-state index in [9.17, 15) is 4.79 Å². The minimum absolute atomic E-state index is 0.151. The van der Waals surface area contributed by atoms with Crippen LogP contribution >= 0.6 is 0 Å². The van der Waals surface area contributed by atoms with E-state index in [1.807, 2.05) is 30.3 Å². The lowest BCUT2D eigenvalue weighted by molar-refractivity contribution is 0.1000. The van der Waals surface area contributed by atoms with Crippen LogP contribution in [0, 0.1) is 0 Å². The first-order valence-electron chi connectivity index (χ1n) is 7.99. The van der Waals surface area contributed by atoms with Crippen LogP contribution in [0.15, 0.2) is 36.5 Å². The van der Waals surface area contributed by atoms with Crippen molar-refractivity contribution in [2.75, 3.05) is 44.2 Å². The highest BCUT2D eigenvalue weighted by Crippen LogP contribution is 2.23. The van der Waals surface area contributed by atoms with Gasteiger partial charge in [-0.2, -0.15) is 0 Å². The molecule has 1 amide bonds. The van der Waals surface area contributed by atoms with Crippen LogP contribution in [0.1, 0.15) is 10.4 Å². The van der Waals surface area contributed by atoms with Crippen molar-refractivity contribution in [3.05, 3.63) is 42.1 Å². The van der Waals surface area contributed by atoms with Crippen LogP contribution in [-0.2, 0) is 0 Å². The topological polar surface area (TPSA) is 95.6 Å². The fourth-order valence-corrected chi connectivity index (χ4v) is 2.84. The van der Waals surface area contributed by atoms with Gasteiger partial charge in [-0.1, -0.05) is 30.3 Å². The quantitative estimate of drug-likeness (QED) is 0.823. The fourth-order valence-electron chi connectivity index (χ4n) is 2.84. The third kappa shape index (κ3) is 3.52. The van der Waals surface area contributed by atoms with Crippen molar-refractivity contribution in [3.8, 4) is 11.4 Å². The summed E-state index contributed by atoms with van der Waals surface area (Å²) in [6.07, 6.45) is 1.51. The van der Waals surface area contributed by atoms with E-state index in [4.69, 9.17) is 10.8 Å². The molecular weight excluding hydrogens is 306 g/mol. The standard InChI is InChI=1S/C17H21N5O2/c18-15(24)14-12-19-16(13-4-2-1-3-5-13)20-17(14)22-8-6-21(7-9-22)10-11-23/h1-5,12,23H,6-11H2,(H2,18,24). The van der Waals surface area contributed by atoms with Crippen molar-refractivity contribution in [2.24, 2.45) is 5.73 Å². The molecule has 1 fully saturated rings. The lowest BCUT2D eigenvalue weighted by atomic mass is 10.2. The van der Waals surface area contributed by atoms with Gasteiger partial charge in [-0.05, 0) is 0 Å². The molecule has 0 unspecified atom stereocenters. The van der Waals surface area contributed by atoms with Gasteiger partial charge in [0.2, 0.25) is 0 Å². The van der Waals surface area contributed by atoms with Crippen LogP contribution in [0.25, 0.3) is 11.4 Å². The van der Waals surface area contributed by atoms with Crippen LogP contribution in [0.5, 0.6) is 0 Å². The molecule has 7 heteroatoms. The monoisotopic (exact) mass is 327 g/mol. The van der Waals surface area contributed by atoms with Crippen LogP contribution < -0.4 is 10.6 Å². The zero-order chi connectivity index (χ0) is 16.9. The van der Waals surface area contributed by atoms with E-state index in [0.29, 0.717) is 23.8 Å². The number of piperazine rings is 1. The Bertz CT molecular complexity index is 699. The molecule has 126 valence electrons. The average molecular weight is 327 g/mol. The Labute approximate surface area is 140 Å². The number of nitrogens with zero attached hydrogens (tertiary/aromatic N) is 4. The van der Waals surface area contributed by atoms with E-state index >= 15 is 0 Å². The molecule has 1 aliphatic heterocycles. The number of β-amino-alcohol motifs (C(OH)–C–C–N with tert-alkyl or cyclic N) is 1. The maximum Gasteiger partial charge on any atom is 0.254 e. The Morgan fingerprint density at radius 3 is 2.50 bits per heavy atom. The first-order chi connectivity index (χ1) is 11.7. The van der Waals surface area contributed by atoms with E-state index in [-0.39, 0.29) is 6.61 Å². The van der Waals surface area contributed by atoms with Gasteiger partial charge in [-0.3, -0.25) is 9.69 Å². The van der Waals surface area contributed by atoms with Crippen molar-refractivity contribution in [2.45, 2.75) is 0 Å². The minimum Gasteiger partial charge on any atom is -0.395 e. The highest BCUT2D eigenvalue weighted by molar-refractivity contribution is 5.97. The molecule has 1 aromatic carbocycles. The molecule has 3 rings (SSSR count). The molecule has 1 saturated heterocycles. The molecule has 1 aromatic heterocycles. The molecular formula is C17H21N5O2. The number of carbonyl (C=O) groups excluding carboxylic acids is 1. The predicted molar refractivity (Wildman–Crippen MR) is 91.7 cm³/mol. The molecule has 24 heavy (non-hydrogen) atoms. The molecule has 0 atom stereocenters. The van der Waals surface area contributed by atoms with Gasteiger partial charge in [0.1, 0.15) is 11.4 Å². The number of anilines is 1. The smallest absolute Gasteiger partial charge is 0.254 e. The van der Waals surface area contributed by atoms with Crippen molar-refractivity contribution < 1.29 is 9.90 Å². The molecule has 0 bridgehead atoms.